The molecule has 3 heterocycles. The number of likely N-dealkylation sites (tertiary alicyclic amines) is 1. The molecule has 2 aromatic rings. The van der Waals surface area contributed by atoms with E-state index in [-0.39, 0.29) is 18.5 Å². The number of ether oxygens (including phenoxy) is 1. The van der Waals surface area contributed by atoms with Gasteiger partial charge >= 0.3 is 12.1 Å². The van der Waals surface area contributed by atoms with Gasteiger partial charge in [0, 0.05) is 24.7 Å². The van der Waals surface area contributed by atoms with Gasteiger partial charge in [-0.15, -0.1) is 10.2 Å². The quantitative estimate of drug-likeness (QED) is 0.856. The van der Waals surface area contributed by atoms with Gasteiger partial charge in [-0.1, -0.05) is 11.3 Å². The fourth-order valence-corrected chi connectivity index (χ4v) is 2.77. The fraction of sp³-hybridized carbons (Fsp3) is 0.583. The minimum Gasteiger partial charge on any atom is -0.467 e. The van der Waals surface area contributed by atoms with Gasteiger partial charge in [0.1, 0.15) is 6.10 Å². The minimum atomic E-state index is -4.60. The number of aromatic nitrogens is 3. The lowest BCUT2D eigenvalue weighted by Gasteiger charge is -2.30. The van der Waals surface area contributed by atoms with Crippen LogP contribution in [0.2, 0.25) is 0 Å². The van der Waals surface area contributed by atoms with Crippen LogP contribution in [-0.4, -0.2) is 39.3 Å². The molecule has 10 heteroatoms. The number of hydrogen-bond donors (Lipinski definition) is 0. The Morgan fingerprint density at radius 3 is 2.68 bits per heavy atom. The Hall–Kier alpha value is -1.68. The minimum absolute atomic E-state index is 0.0217. The van der Waals surface area contributed by atoms with Gasteiger partial charge < -0.3 is 9.15 Å². The molecule has 0 N–H and O–H groups in total. The van der Waals surface area contributed by atoms with E-state index in [9.17, 15) is 13.2 Å². The van der Waals surface area contributed by atoms with Crippen molar-refractivity contribution in [3.05, 3.63) is 23.4 Å². The highest BCUT2D eigenvalue weighted by Crippen LogP contribution is 2.28. The molecule has 0 unspecified atom stereocenters. The zero-order valence-corrected chi connectivity index (χ0v) is 12.2. The van der Waals surface area contributed by atoms with E-state index in [4.69, 9.17) is 4.74 Å². The Labute approximate surface area is 127 Å². The summed E-state index contributed by atoms with van der Waals surface area (Å²) in [4.78, 5) is 6.03. The summed E-state index contributed by atoms with van der Waals surface area (Å²) in [6, 6.07) is 0. The van der Waals surface area contributed by atoms with Crippen LogP contribution in [0.15, 0.2) is 16.0 Å². The van der Waals surface area contributed by atoms with Crippen LogP contribution in [0.3, 0.4) is 0 Å². The summed E-state index contributed by atoms with van der Waals surface area (Å²) in [6.07, 6.45) is -1.28. The maximum Gasteiger partial charge on any atom is 0.470 e. The zero-order chi connectivity index (χ0) is 15.6. The van der Waals surface area contributed by atoms with Crippen molar-refractivity contribution in [3.8, 4) is 5.19 Å². The van der Waals surface area contributed by atoms with Gasteiger partial charge in [-0.25, -0.2) is 4.98 Å². The highest BCUT2D eigenvalue weighted by Gasteiger charge is 2.38. The van der Waals surface area contributed by atoms with Crippen molar-refractivity contribution >= 4 is 11.3 Å². The smallest absolute Gasteiger partial charge is 0.467 e. The van der Waals surface area contributed by atoms with E-state index in [2.05, 4.69) is 19.6 Å². The largest absolute Gasteiger partial charge is 0.470 e. The number of hydrogen-bond acceptors (Lipinski definition) is 7. The second-order valence-corrected chi connectivity index (χ2v) is 5.75. The lowest BCUT2D eigenvalue weighted by molar-refractivity contribution is -0.157. The number of thiazole rings is 1. The third-order valence-corrected chi connectivity index (χ3v) is 3.94. The standard InChI is InChI=1S/C12H13F3N4O2S/c13-12(14,15)10-18-17-9(21-10)7-19-4-1-8(2-5-19)20-11-16-3-6-22-11/h3,6,8H,1-2,4-5,7H2. The van der Waals surface area contributed by atoms with Gasteiger partial charge in [-0.05, 0) is 12.8 Å². The molecule has 0 amide bonds. The van der Waals surface area contributed by atoms with Crippen molar-refractivity contribution in [1.82, 2.24) is 20.1 Å². The van der Waals surface area contributed by atoms with Crippen molar-refractivity contribution in [1.29, 1.82) is 0 Å². The molecule has 1 aliphatic heterocycles. The van der Waals surface area contributed by atoms with Crippen molar-refractivity contribution in [2.24, 2.45) is 0 Å². The molecule has 0 aliphatic carbocycles. The average molecular weight is 334 g/mol. The summed E-state index contributed by atoms with van der Waals surface area (Å²) in [5.74, 6) is -1.32. The molecule has 0 radical (unpaired) electrons. The summed E-state index contributed by atoms with van der Waals surface area (Å²) in [7, 11) is 0. The van der Waals surface area contributed by atoms with Crippen LogP contribution in [0, 0.1) is 0 Å². The molecular formula is C12H13F3N4O2S. The predicted molar refractivity (Wildman–Crippen MR) is 70.3 cm³/mol. The molecule has 0 spiro atoms. The number of alkyl halides is 3. The number of nitrogens with zero attached hydrogens (tertiary/aromatic N) is 4. The maximum absolute atomic E-state index is 12.4. The molecule has 1 saturated heterocycles. The van der Waals surface area contributed by atoms with Crippen molar-refractivity contribution < 1.29 is 22.3 Å². The van der Waals surface area contributed by atoms with Gasteiger partial charge in [0.15, 0.2) is 0 Å². The van der Waals surface area contributed by atoms with Crippen LogP contribution in [0.4, 0.5) is 13.2 Å². The summed E-state index contributed by atoms with van der Waals surface area (Å²) < 4.78 is 47.5. The molecule has 3 rings (SSSR count). The Morgan fingerprint density at radius 1 is 1.32 bits per heavy atom. The molecular weight excluding hydrogens is 321 g/mol. The van der Waals surface area contributed by atoms with Crippen LogP contribution in [0.1, 0.15) is 24.6 Å². The number of piperidine rings is 1. The molecule has 1 fully saturated rings. The Morgan fingerprint density at radius 2 is 2.09 bits per heavy atom. The van der Waals surface area contributed by atoms with E-state index in [0.717, 1.165) is 12.8 Å². The first kappa shape index (κ1) is 15.2. The van der Waals surface area contributed by atoms with Crippen molar-refractivity contribution in [3.63, 3.8) is 0 Å². The van der Waals surface area contributed by atoms with E-state index in [1.54, 1.807) is 6.20 Å². The molecule has 1 aliphatic rings. The summed E-state index contributed by atoms with van der Waals surface area (Å²) >= 11 is 1.44. The van der Waals surface area contributed by atoms with E-state index in [1.165, 1.54) is 11.3 Å². The van der Waals surface area contributed by atoms with E-state index in [1.807, 2.05) is 10.3 Å². The number of rotatable bonds is 4. The third-order valence-electron chi connectivity index (χ3n) is 3.28. The molecule has 6 nitrogen and oxygen atoms in total. The van der Waals surface area contributed by atoms with Gasteiger partial charge in [0.25, 0.3) is 5.19 Å². The Balaban J connectivity index is 1.48. The first-order chi connectivity index (χ1) is 10.5. The van der Waals surface area contributed by atoms with Crippen molar-refractivity contribution in [2.45, 2.75) is 31.7 Å². The number of halogens is 3. The van der Waals surface area contributed by atoms with Gasteiger partial charge in [0.2, 0.25) is 5.89 Å². The van der Waals surface area contributed by atoms with Crippen molar-refractivity contribution in [2.75, 3.05) is 13.1 Å². The van der Waals surface area contributed by atoms with Crippen LogP contribution >= 0.6 is 11.3 Å². The lowest BCUT2D eigenvalue weighted by Crippen LogP contribution is -2.37. The molecule has 0 saturated carbocycles. The lowest BCUT2D eigenvalue weighted by atomic mass is 10.1. The summed E-state index contributed by atoms with van der Waals surface area (Å²) in [6.45, 7) is 1.60. The second kappa shape index (κ2) is 6.21. The fourth-order valence-electron chi connectivity index (χ4n) is 2.22. The van der Waals surface area contributed by atoms with Crippen LogP contribution < -0.4 is 4.74 Å². The molecule has 120 valence electrons. The Kier molecular flexibility index (Phi) is 4.30. The average Bonchev–Trinajstić information content (AvgIpc) is 3.12. The van der Waals surface area contributed by atoms with Gasteiger partial charge in [0.05, 0.1) is 6.54 Å². The van der Waals surface area contributed by atoms with Crippen LogP contribution in [0.25, 0.3) is 0 Å². The highest BCUT2D eigenvalue weighted by molar-refractivity contribution is 7.11. The maximum atomic E-state index is 12.4. The zero-order valence-electron chi connectivity index (χ0n) is 11.4. The molecule has 0 atom stereocenters. The molecule has 0 aromatic carbocycles. The predicted octanol–water partition coefficient (Wildman–Crippen LogP) is 2.59. The van der Waals surface area contributed by atoms with E-state index >= 15 is 0 Å². The summed E-state index contributed by atoms with van der Waals surface area (Å²) in [5, 5.41) is 8.95. The SMILES string of the molecule is FC(F)(F)c1nnc(CN2CCC(Oc3nccs3)CC2)o1. The van der Waals surface area contributed by atoms with E-state index in [0.29, 0.717) is 18.3 Å². The Bertz CT molecular complexity index is 594. The molecule has 2 aromatic heterocycles. The second-order valence-electron chi connectivity index (χ2n) is 4.89. The van der Waals surface area contributed by atoms with Crippen LogP contribution in [0.5, 0.6) is 5.19 Å². The third kappa shape index (κ3) is 3.74. The molecule has 22 heavy (non-hydrogen) atoms. The molecule has 0 bridgehead atoms. The van der Waals surface area contributed by atoms with Crippen LogP contribution in [-0.2, 0) is 12.7 Å². The van der Waals surface area contributed by atoms with Gasteiger partial charge in [-0.3, -0.25) is 4.90 Å². The topological polar surface area (TPSA) is 64.3 Å². The highest BCUT2D eigenvalue weighted by atomic mass is 32.1. The monoisotopic (exact) mass is 334 g/mol. The first-order valence-corrected chi connectivity index (χ1v) is 7.57. The summed E-state index contributed by atoms with van der Waals surface area (Å²) in [5.41, 5.74) is 0. The van der Waals surface area contributed by atoms with E-state index < -0.39 is 12.1 Å². The first-order valence-electron chi connectivity index (χ1n) is 6.69. The van der Waals surface area contributed by atoms with Gasteiger partial charge in [-0.2, -0.15) is 13.2 Å². The normalized spacial score (nSPS) is 17.8.